The van der Waals surface area contributed by atoms with Gasteiger partial charge in [-0.2, -0.15) is 0 Å². The smallest absolute Gasteiger partial charge is 0.255 e. The average molecular weight is 283 g/mol. The summed E-state index contributed by atoms with van der Waals surface area (Å²) in [6.45, 7) is 2.01. The first-order valence-corrected chi connectivity index (χ1v) is 6.42. The van der Waals surface area contributed by atoms with E-state index in [4.69, 9.17) is 4.52 Å². The number of hydrogen-bond donors (Lipinski definition) is 2. The highest BCUT2D eigenvalue weighted by molar-refractivity contribution is 6.02. The van der Waals surface area contributed by atoms with Gasteiger partial charge in [0.2, 0.25) is 0 Å². The number of fused-ring (bicyclic) bond motifs is 1. The molecule has 0 saturated carbocycles. The van der Waals surface area contributed by atoms with Crippen LogP contribution in [0.2, 0.25) is 0 Å². The molecule has 0 bridgehead atoms. The lowest BCUT2D eigenvalue weighted by molar-refractivity contribution is 0.0947. The number of aromatic hydroxyl groups is 1. The van der Waals surface area contributed by atoms with E-state index in [1.807, 2.05) is 6.07 Å². The van der Waals surface area contributed by atoms with Crippen molar-refractivity contribution in [3.05, 3.63) is 53.5 Å². The van der Waals surface area contributed by atoms with Gasteiger partial charge in [-0.05, 0) is 19.1 Å². The van der Waals surface area contributed by atoms with Crippen molar-refractivity contribution in [3.8, 4) is 5.75 Å². The van der Waals surface area contributed by atoms with E-state index in [1.54, 1.807) is 37.4 Å². The molecule has 106 valence electrons. The van der Waals surface area contributed by atoms with Crippen molar-refractivity contribution in [1.29, 1.82) is 0 Å². The van der Waals surface area contributed by atoms with Gasteiger partial charge in [-0.3, -0.25) is 9.78 Å². The third-order valence-corrected chi connectivity index (χ3v) is 3.10. The molecule has 6 nitrogen and oxygen atoms in total. The average Bonchev–Trinajstić information content (AvgIpc) is 2.91. The summed E-state index contributed by atoms with van der Waals surface area (Å²) in [6.07, 6.45) is 1.57. The molecule has 0 aliphatic carbocycles. The summed E-state index contributed by atoms with van der Waals surface area (Å²) >= 11 is 0. The zero-order chi connectivity index (χ0) is 14.8. The number of phenolic OH excluding ortho intramolecular Hbond substituents is 1. The number of nitrogens with zero attached hydrogens (tertiary/aromatic N) is 2. The van der Waals surface area contributed by atoms with Crippen LogP contribution in [-0.4, -0.2) is 21.2 Å². The fraction of sp³-hybridized carbons (Fsp3) is 0.133. The molecule has 2 N–H and O–H groups in total. The summed E-state index contributed by atoms with van der Waals surface area (Å²) in [5.74, 6) is 0.166. The van der Waals surface area contributed by atoms with Gasteiger partial charge in [-0.15, -0.1) is 0 Å². The number of phenols is 1. The number of pyridine rings is 1. The molecule has 1 amide bonds. The maximum Gasteiger partial charge on any atom is 0.255 e. The molecule has 3 aromatic rings. The highest BCUT2D eigenvalue weighted by Gasteiger charge is 2.14. The number of carbonyl (C=O) groups excluding carboxylic acids is 1. The molecule has 0 saturated heterocycles. The van der Waals surface area contributed by atoms with Crippen molar-refractivity contribution < 1.29 is 14.4 Å². The van der Waals surface area contributed by atoms with Crippen molar-refractivity contribution in [2.24, 2.45) is 0 Å². The van der Waals surface area contributed by atoms with Gasteiger partial charge in [0.05, 0.1) is 12.1 Å². The molecule has 0 aliphatic heterocycles. The van der Waals surface area contributed by atoms with Crippen LogP contribution in [0.25, 0.3) is 10.9 Å². The molecule has 21 heavy (non-hydrogen) atoms. The summed E-state index contributed by atoms with van der Waals surface area (Å²) < 4.78 is 4.92. The van der Waals surface area contributed by atoms with Crippen LogP contribution in [0.5, 0.6) is 5.75 Å². The summed E-state index contributed by atoms with van der Waals surface area (Å²) in [4.78, 5) is 16.2. The Hall–Kier alpha value is -2.89. The molecule has 0 radical (unpaired) electrons. The van der Waals surface area contributed by atoms with E-state index in [0.29, 0.717) is 17.0 Å². The van der Waals surface area contributed by atoms with Crippen LogP contribution in [0.3, 0.4) is 0 Å². The Kier molecular flexibility index (Phi) is 3.27. The minimum Gasteiger partial charge on any atom is -0.505 e. The fourth-order valence-electron chi connectivity index (χ4n) is 2.08. The molecular formula is C15H13N3O3. The number of aromatic nitrogens is 2. The van der Waals surface area contributed by atoms with Gasteiger partial charge in [0.25, 0.3) is 5.91 Å². The molecule has 0 aliphatic rings. The highest BCUT2D eigenvalue weighted by atomic mass is 16.5. The minimum atomic E-state index is -0.388. The standard InChI is InChI=1S/C15H13N3O3/c1-9-7-11(18-21-9)8-17-15(20)12-5-4-10-3-2-6-16-13(10)14(12)19/h2-7,19H,8H2,1H3,(H,17,20). The second-order valence-electron chi connectivity index (χ2n) is 4.65. The molecule has 1 aromatic carbocycles. The van der Waals surface area contributed by atoms with Crippen molar-refractivity contribution >= 4 is 16.8 Å². The van der Waals surface area contributed by atoms with Gasteiger partial charge in [0.15, 0.2) is 5.75 Å². The molecule has 2 heterocycles. The minimum absolute atomic E-state index is 0.123. The van der Waals surface area contributed by atoms with Crippen molar-refractivity contribution in [3.63, 3.8) is 0 Å². The number of amides is 1. The molecule has 0 spiro atoms. The largest absolute Gasteiger partial charge is 0.505 e. The quantitative estimate of drug-likeness (QED) is 0.769. The van der Waals surface area contributed by atoms with Crippen molar-refractivity contribution in [2.45, 2.75) is 13.5 Å². The highest BCUT2D eigenvalue weighted by Crippen LogP contribution is 2.26. The number of benzene rings is 1. The maximum atomic E-state index is 12.1. The van der Waals surface area contributed by atoms with Gasteiger partial charge in [0, 0.05) is 17.6 Å². The van der Waals surface area contributed by atoms with Gasteiger partial charge in [-0.25, -0.2) is 0 Å². The van der Waals surface area contributed by atoms with E-state index >= 15 is 0 Å². The first-order chi connectivity index (χ1) is 10.1. The van der Waals surface area contributed by atoms with Crippen molar-refractivity contribution in [1.82, 2.24) is 15.5 Å². The number of hydrogen-bond acceptors (Lipinski definition) is 5. The summed E-state index contributed by atoms with van der Waals surface area (Å²) in [5, 5.41) is 17.4. The van der Waals surface area contributed by atoms with Crippen LogP contribution in [0.4, 0.5) is 0 Å². The number of aryl methyl sites for hydroxylation is 1. The van der Waals surface area contributed by atoms with E-state index in [0.717, 1.165) is 5.39 Å². The third-order valence-electron chi connectivity index (χ3n) is 3.10. The van der Waals surface area contributed by atoms with Crippen LogP contribution in [0.1, 0.15) is 21.8 Å². The molecule has 3 rings (SSSR count). The van der Waals surface area contributed by atoms with Gasteiger partial charge >= 0.3 is 0 Å². The maximum absolute atomic E-state index is 12.1. The zero-order valence-corrected chi connectivity index (χ0v) is 11.3. The predicted molar refractivity (Wildman–Crippen MR) is 75.8 cm³/mol. The van der Waals surface area contributed by atoms with Crippen LogP contribution in [0, 0.1) is 6.92 Å². The SMILES string of the molecule is Cc1cc(CNC(=O)c2ccc3cccnc3c2O)no1. The van der Waals surface area contributed by atoms with Crippen LogP contribution >= 0.6 is 0 Å². The molecular weight excluding hydrogens is 270 g/mol. The lowest BCUT2D eigenvalue weighted by atomic mass is 10.1. The molecule has 6 heteroatoms. The lowest BCUT2D eigenvalue weighted by Gasteiger charge is -2.07. The normalized spacial score (nSPS) is 10.7. The Morgan fingerprint density at radius 1 is 1.38 bits per heavy atom. The first kappa shape index (κ1) is 13.1. The second kappa shape index (κ2) is 5.24. The molecule has 0 atom stereocenters. The van der Waals surface area contributed by atoms with E-state index < -0.39 is 0 Å². The van der Waals surface area contributed by atoms with Crippen molar-refractivity contribution in [2.75, 3.05) is 0 Å². The zero-order valence-electron chi connectivity index (χ0n) is 11.3. The van der Waals surface area contributed by atoms with E-state index in [-0.39, 0.29) is 23.8 Å². The van der Waals surface area contributed by atoms with Gasteiger partial charge in [-0.1, -0.05) is 17.3 Å². The van der Waals surface area contributed by atoms with Crippen LogP contribution < -0.4 is 5.32 Å². The Bertz CT molecular complexity index is 811. The first-order valence-electron chi connectivity index (χ1n) is 6.42. The number of nitrogens with one attached hydrogen (secondary N) is 1. The number of rotatable bonds is 3. The lowest BCUT2D eigenvalue weighted by Crippen LogP contribution is -2.23. The Morgan fingerprint density at radius 3 is 3.00 bits per heavy atom. The predicted octanol–water partition coefficient (Wildman–Crippen LogP) is 2.17. The van der Waals surface area contributed by atoms with Crippen LogP contribution in [-0.2, 0) is 6.54 Å². The van der Waals surface area contributed by atoms with E-state index in [2.05, 4.69) is 15.5 Å². The molecule has 2 aromatic heterocycles. The number of carbonyl (C=O) groups is 1. The second-order valence-corrected chi connectivity index (χ2v) is 4.65. The van der Waals surface area contributed by atoms with Gasteiger partial charge in [0.1, 0.15) is 17.0 Å². The molecule has 0 unspecified atom stereocenters. The Balaban J connectivity index is 1.82. The summed E-state index contributed by atoms with van der Waals surface area (Å²) in [7, 11) is 0. The fourth-order valence-corrected chi connectivity index (χ4v) is 2.08. The summed E-state index contributed by atoms with van der Waals surface area (Å²) in [5.41, 5.74) is 1.21. The summed E-state index contributed by atoms with van der Waals surface area (Å²) in [6, 6.07) is 8.65. The Morgan fingerprint density at radius 2 is 2.24 bits per heavy atom. The van der Waals surface area contributed by atoms with Crippen LogP contribution in [0.15, 0.2) is 41.1 Å². The Labute approximate surface area is 120 Å². The topological polar surface area (TPSA) is 88.2 Å². The van der Waals surface area contributed by atoms with E-state index in [9.17, 15) is 9.90 Å². The monoisotopic (exact) mass is 283 g/mol. The molecule has 0 fully saturated rings. The van der Waals surface area contributed by atoms with Gasteiger partial charge < -0.3 is 14.9 Å². The third kappa shape index (κ3) is 2.55. The van der Waals surface area contributed by atoms with E-state index in [1.165, 1.54) is 0 Å².